The molecule has 5 rings (SSSR count). The van der Waals surface area contributed by atoms with Crippen molar-refractivity contribution in [1.29, 1.82) is 0 Å². The molecule has 0 saturated carbocycles. The minimum absolute atomic E-state index is 0.219. The van der Waals surface area contributed by atoms with E-state index >= 15 is 0 Å². The lowest BCUT2D eigenvalue weighted by Gasteiger charge is -2.13. The zero-order chi connectivity index (χ0) is 23.9. The third-order valence-electron chi connectivity index (χ3n) is 5.51. The van der Waals surface area contributed by atoms with E-state index in [2.05, 4.69) is 15.5 Å². The molecule has 0 aliphatic heterocycles. The lowest BCUT2D eigenvalue weighted by molar-refractivity contribution is 0.415. The molecule has 0 fully saturated rings. The van der Waals surface area contributed by atoms with E-state index in [0.717, 1.165) is 22.1 Å². The van der Waals surface area contributed by atoms with Crippen molar-refractivity contribution in [1.82, 2.24) is 24.1 Å². The summed E-state index contributed by atoms with van der Waals surface area (Å²) in [5.41, 5.74) is 2.19. The summed E-state index contributed by atoms with van der Waals surface area (Å²) in [5.74, 6) is 1.94. The van der Waals surface area contributed by atoms with Gasteiger partial charge in [0.05, 0.1) is 12.0 Å². The van der Waals surface area contributed by atoms with Crippen LogP contribution in [-0.2, 0) is 10.0 Å². The number of fused-ring (bicyclic) bond motifs is 3. The minimum atomic E-state index is -3.50. The first-order valence-electron chi connectivity index (χ1n) is 10.5. The molecule has 0 saturated heterocycles. The number of sulfonamides is 1. The maximum Gasteiger partial charge on any atom is 0.242 e. The van der Waals surface area contributed by atoms with Crippen molar-refractivity contribution in [2.24, 2.45) is 0 Å². The third kappa shape index (κ3) is 3.72. The Kier molecular flexibility index (Phi) is 5.39. The predicted octanol–water partition coefficient (Wildman–Crippen LogP) is 3.95. The Bertz CT molecular complexity index is 1590. The fourth-order valence-corrected chi connectivity index (χ4v) is 4.55. The molecule has 5 aromatic rings. The van der Waals surface area contributed by atoms with Crippen molar-refractivity contribution in [2.75, 3.05) is 26.5 Å². The maximum absolute atomic E-state index is 12.4. The SMILES string of the molecule is COc1ccc(-c2nnc3c4ccccc4c(Nc4ccc(S(=O)(=O)N(C)C)cc4)nn23)cc1. The van der Waals surface area contributed by atoms with Crippen LogP contribution in [0.4, 0.5) is 11.5 Å². The van der Waals surface area contributed by atoms with Gasteiger partial charge in [-0.15, -0.1) is 15.3 Å². The zero-order valence-corrected chi connectivity index (χ0v) is 19.6. The molecule has 0 radical (unpaired) electrons. The van der Waals surface area contributed by atoms with Crippen molar-refractivity contribution in [3.63, 3.8) is 0 Å². The first kappa shape index (κ1) is 21.8. The molecule has 0 aliphatic rings. The molecule has 2 aromatic heterocycles. The molecular formula is C24H22N6O3S. The number of nitrogens with one attached hydrogen (secondary N) is 1. The highest BCUT2D eigenvalue weighted by Gasteiger charge is 2.18. The van der Waals surface area contributed by atoms with Gasteiger partial charge in [-0.2, -0.15) is 4.52 Å². The third-order valence-corrected chi connectivity index (χ3v) is 7.34. The number of ether oxygens (including phenoxy) is 1. The van der Waals surface area contributed by atoms with Crippen LogP contribution in [0.25, 0.3) is 27.8 Å². The molecule has 9 nitrogen and oxygen atoms in total. The second-order valence-electron chi connectivity index (χ2n) is 7.82. The van der Waals surface area contributed by atoms with E-state index < -0.39 is 10.0 Å². The van der Waals surface area contributed by atoms with Gasteiger partial charge in [0.2, 0.25) is 10.0 Å². The zero-order valence-electron chi connectivity index (χ0n) is 18.8. The second-order valence-corrected chi connectivity index (χ2v) is 9.97. The van der Waals surface area contributed by atoms with E-state index in [1.807, 2.05) is 48.5 Å². The Morgan fingerprint density at radius 3 is 2.21 bits per heavy atom. The molecule has 0 aliphatic carbocycles. The molecule has 3 aromatic carbocycles. The van der Waals surface area contributed by atoms with Crippen LogP contribution in [0.15, 0.2) is 77.7 Å². The molecule has 10 heteroatoms. The van der Waals surface area contributed by atoms with E-state index in [9.17, 15) is 8.42 Å². The van der Waals surface area contributed by atoms with Crippen molar-refractivity contribution in [3.05, 3.63) is 72.8 Å². The van der Waals surface area contributed by atoms with Gasteiger partial charge in [-0.1, -0.05) is 24.3 Å². The first-order chi connectivity index (χ1) is 16.4. The fourth-order valence-electron chi connectivity index (χ4n) is 3.65. The summed E-state index contributed by atoms with van der Waals surface area (Å²) < 4.78 is 32.9. The maximum atomic E-state index is 12.4. The number of methoxy groups -OCH3 is 1. The van der Waals surface area contributed by atoms with Gasteiger partial charge in [-0.3, -0.25) is 0 Å². The molecule has 2 heterocycles. The average molecular weight is 475 g/mol. The van der Waals surface area contributed by atoms with Crippen LogP contribution >= 0.6 is 0 Å². The van der Waals surface area contributed by atoms with Gasteiger partial charge < -0.3 is 10.1 Å². The number of hydrogen-bond donors (Lipinski definition) is 1. The van der Waals surface area contributed by atoms with Crippen molar-refractivity contribution in [3.8, 4) is 17.1 Å². The van der Waals surface area contributed by atoms with E-state index in [4.69, 9.17) is 9.84 Å². The summed E-state index contributed by atoms with van der Waals surface area (Å²) >= 11 is 0. The lowest BCUT2D eigenvalue weighted by Crippen LogP contribution is -2.22. The number of benzene rings is 3. The summed E-state index contributed by atoms with van der Waals surface area (Å²) in [4.78, 5) is 0.219. The van der Waals surface area contributed by atoms with Gasteiger partial charge in [0, 0.05) is 36.1 Å². The van der Waals surface area contributed by atoms with Gasteiger partial charge in [0.1, 0.15) is 5.75 Å². The summed E-state index contributed by atoms with van der Waals surface area (Å²) in [6, 6.07) is 21.9. The first-order valence-corrected chi connectivity index (χ1v) is 11.9. The highest BCUT2D eigenvalue weighted by Crippen LogP contribution is 2.30. The molecule has 0 amide bonds. The number of hydrogen-bond acceptors (Lipinski definition) is 7. The van der Waals surface area contributed by atoms with Gasteiger partial charge in [0.15, 0.2) is 17.3 Å². The molecule has 0 bridgehead atoms. The normalized spacial score (nSPS) is 11.9. The van der Waals surface area contributed by atoms with E-state index in [0.29, 0.717) is 23.0 Å². The molecule has 0 atom stereocenters. The Morgan fingerprint density at radius 1 is 0.882 bits per heavy atom. The predicted molar refractivity (Wildman–Crippen MR) is 131 cm³/mol. The smallest absolute Gasteiger partial charge is 0.242 e. The summed E-state index contributed by atoms with van der Waals surface area (Å²) in [7, 11) is 1.13. The standard InChI is InChI=1S/C24H22N6O3S/c1-29(2)34(31,32)19-14-10-17(11-15-19)25-22-20-6-4-5-7-21(20)24-27-26-23(30(24)28-22)16-8-12-18(33-3)13-9-16/h4-15H,1-3H3,(H,25,28). The highest BCUT2D eigenvalue weighted by molar-refractivity contribution is 7.89. The van der Waals surface area contributed by atoms with E-state index in [1.54, 1.807) is 35.9 Å². The van der Waals surface area contributed by atoms with Crippen LogP contribution in [0, 0.1) is 0 Å². The summed E-state index contributed by atoms with van der Waals surface area (Å²) in [5, 5.41) is 18.6. The van der Waals surface area contributed by atoms with Gasteiger partial charge in [0.25, 0.3) is 0 Å². The number of aromatic nitrogens is 4. The Morgan fingerprint density at radius 2 is 1.56 bits per heavy atom. The van der Waals surface area contributed by atoms with Crippen LogP contribution in [0.2, 0.25) is 0 Å². The van der Waals surface area contributed by atoms with Gasteiger partial charge in [-0.05, 0) is 48.5 Å². The molecule has 34 heavy (non-hydrogen) atoms. The quantitative estimate of drug-likeness (QED) is 0.398. The number of anilines is 2. The average Bonchev–Trinajstić information content (AvgIpc) is 3.28. The van der Waals surface area contributed by atoms with Crippen molar-refractivity contribution >= 4 is 37.9 Å². The van der Waals surface area contributed by atoms with E-state index in [1.165, 1.54) is 18.4 Å². The van der Waals surface area contributed by atoms with E-state index in [-0.39, 0.29) is 4.90 Å². The number of rotatable bonds is 6. The largest absolute Gasteiger partial charge is 0.497 e. The Labute approximate surface area is 196 Å². The van der Waals surface area contributed by atoms with Crippen LogP contribution in [0.5, 0.6) is 5.75 Å². The Hall–Kier alpha value is -4.02. The van der Waals surface area contributed by atoms with Crippen molar-refractivity contribution in [2.45, 2.75) is 4.90 Å². The molecule has 0 spiro atoms. The topological polar surface area (TPSA) is 102 Å². The Balaban J connectivity index is 1.60. The molecule has 172 valence electrons. The summed E-state index contributed by atoms with van der Waals surface area (Å²) in [6.45, 7) is 0. The highest BCUT2D eigenvalue weighted by atomic mass is 32.2. The van der Waals surface area contributed by atoms with Crippen molar-refractivity contribution < 1.29 is 13.2 Å². The van der Waals surface area contributed by atoms with Crippen LogP contribution in [0.1, 0.15) is 0 Å². The van der Waals surface area contributed by atoms with Crippen LogP contribution in [-0.4, -0.2) is 53.7 Å². The lowest BCUT2D eigenvalue weighted by atomic mass is 10.1. The monoisotopic (exact) mass is 474 g/mol. The molecule has 1 N–H and O–H groups in total. The van der Waals surface area contributed by atoms with Crippen LogP contribution in [0.3, 0.4) is 0 Å². The molecular weight excluding hydrogens is 452 g/mol. The fraction of sp³-hybridized carbons (Fsp3) is 0.125. The van der Waals surface area contributed by atoms with Gasteiger partial charge >= 0.3 is 0 Å². The second kappa shape index (κ2) is 8.40. The number of nitrogens with zero attached hydrogens (tertiary/aromatic N) is 5. The van der Waals surface area contributed by atoms with Crippen LogP contribution < -0.4 is 10.1 Å². The molecule has 0 unspecified atom stereocenters. The summed E-state index contributed by atoms with van der Waals surface area (Å²) in [6.07, 6.45) is 0. The minimum Gasteiger partial charge on any atom is -0.497 e. The van der Waals surface area contributed by atoms with Gasteiger partial charge in [-0.25, -0.2) is 12.7 Å².